The van der Waals surface area contributed by atoms with Crippen LogP contribution in [0.25, 0.3) is 0 Å². The fraction of sp³-hybridized carbons (Fsp3) is 0.360. The number of amides is 1. The number of aromatic nitrogens is 3. The molecule has 1 amide bonds. The predicted molar refractivity (Wildman–Crippen MR) is 130 cm³/mol. The number of benzene rings is 1. The number of fused-ring (bicyclic) bond motifs is 1. The van der Waals surface area contributed by atoms with Crippen molar-refractivity contribution in [1.29, 1.82) is 0 Å². The van der Waals surface area contributed by atoms with Gasteiger partial charge >= 0.3 is 5.69 Å². The van der Waals surface area contributed by atoms with Crippen molar-refractivity contribution in [1.82, 2.24) is 19.4 Å². The Morgan fingerprint density at radius 3 is 2.58 bits per heavy atom. The molecule has 33 heavy (non-hydrogen) atoms. The first-order chi connectivity index (χ1) is 16.2. The van der Waals surface area contributed by atoms with Crippen LogP contribution < -0.4 is 10.6 Å². The molecule has 1 aromatic carbocycles. The Morgan fingerprint density at radius 1 is 1.00 bits per heavy atom. The quantitative estimate of drug-likeness (QED) is 0.415. The van der Waals surface area contributed by atoms with E-state index < -0.39 is 0 Å². The maximum Gasteiger partial charge on any atom is 0.349 e. The summed E-state index contributed by atoms with van der Waals surface area (Å²) in [5.74, 6) is 0.428. The minimum atomic E-state index is -0.245. The van der Waals surface area contributed by atoms with Gasteiger partial charge in [-0.25, -0.2) is 4.79 Å². The van der Waals surface area contributed by atoms with E-state index in [0.717, 1.165) is 54.2 Å². The molecule has 7 nitrogen and oxygen atoms in total. The van der Waals surface area contributed by atoms with E-state index in [-0.39, 0.29) is 11.6 Å². The van der Waals surface area contributed by atoms with E-state index in [2.05, 4.69) is 27.0 Å². The Labute approximate surface area is 197 Å². The highest BCUT2D eigenvalue weighted by Crippen LogP contribution is 2.29. The maximum atomic E-state index is 12.9. The molecule has 0 saturated carbocycles. The monoisotopic (exact) mass is 461 g/mol. The standard InChI is InChI=1S/C25H27N5O2S/c31-23(29-14-12-28(13-15-29)20-7-2-1-3-8-20)18-33-24-21-9-4-10-22(21)30(25(32)27-24)17-19-6-5-11-26-16-19/h1-3,5-8,11,16H,4,9-10,12-15,17-18H2. The van der Waals surface area contributed by atoms with Crippen molar-refractivity contribution >= 4 is 23.4 Å². The molecule has 170 valence electrons. The van der Waals surface area contributed by atoms with Crippen LogP contribution in [0, 0.1) is 0 Å². The van der Waals surface area contributed by atoms with Gasteiger partial charge in [-0.05, 0) is 43.0 Å². The molecule has 1 aliphatic carbocycles. The average Bonchev–Trinajstić information content (AvgIpc) is 3.36. The van der Waals surface area contributed by atoms with Crippen molar-refractivity contribution in [3.05, 3.63) is 82.2 Å². The van der Waals surface area contributed by atoms with Crippen molar-refractivity contribution in [2.45, 2.75) is 30.8 Å². The van der Waals surface area contributed by atoms with E-state index in [1.54, 1.807) is 17.0 Å². The first-order valence-electron chi connectivity index (χ1n) is 11.4. The summed E-state index contributed by atoms with van der Waals surface area (Å²) in [6.45, 7) is 3.58. The maximum absolute atomic E-state index is 12.9. The molecule has 0 bridgehead atoms. The first kappa shape index (κ1) is 21.7. The first-order valence-corrected chi connectivity index (χ1v) is 12.4. The molecule has 3 heterocycles. The second-order valence-electron chi connectivity index (χ2n) is 8.42. The molecule has 1 aliphatic heterocycles. The summed E-state index contributed by atoms with van der Waals surface area (Å²) in [5, 5.41) is 0.728. The lowest BCUT2D eigenvalue weighted by molar-refractivity contribution is -0.128. The smallest absolute Gasteiger partial charge is 0.349 e. The number of piperazine rings is 1. The lowest BCUT2D eigenvalue weighted by Gasteiger charge is -2.36. The van der Waals surface area contributed by atoms with Crippen LogP contribution in [0.4, 0.5) is 5.69 Å². The fourth-order valence-corrected chi connectivity index (χ4v) is 5.60. The molecule has 2 aromatic heterocycles. The van der Waals surface area contributed by atoms with Gasteiger partial charge in [0.15, 0.2) is 0 Å². The second kappa shape index (κ2) is 9.79. The minimum Gasteiger partial charge on any atom is -0.368 e. The summed E-state index contributed by atoms with van der Waals surface area (Å²) in [7, 11) is 0. The van der Waals surface area contributed by atoms with E-state index in [1.165, 1.54) is 17.4 Å². The Bertz CT molecular complexity index is 1170. The molecule has 3 aromatic rings. The van der Waals surface area contributed by atoms with Crippen molar-refractivity contribution in [3.63, 3.8) is 0 Å². The average molecular weight is 462 g/mol. The number of pyridine rings is 1. The molecular formula is C25H27N5O2S. The lowest BCUT2D eigenvalue weighted by Crippen LogP contribution is -2.49. The topological polar surface area (TPSA) is 71.3 Å². The molecule has 5 rings (SSSR count). The Hall–Kier alpha value is -3.13. The van der Waals surface area contributed by atoms with Crippen LogP contribution in [0.2, 0.25) is 0 Å². The normalized spacial score (nSPS) is 15.5. The molecule has 8 heteroatoms. The van der Waals surface area contributed by atoms with Gasteiger partial charge in [-0.2, -0.15) is 4.98 Å². The summed E-state index contributed by atoms with van der Waals surface area (Å²) in [6.07, 6.45) is 6.30. The van der Waals surface area contributed by atoms with Crippen LogP contribution in [0.15, 0.2) is 64.7 Å². The van der Waals surface area contributed by atoms with Crippen LogP contribution in [0.1, 0.15) is 23.2 Å². The lowest BCUT2D eigenvalue weighted by atomic mass is 10.2. The van der Waals surface area contributed by atoms with Gasteiger partial charge in [-0.15, -0.1) is 0 Å². The van der Waals surface area contributed by atoms with E-state index in [4.69, 9.17) is 0 Å². The van der Waals surface area contributed by atoms with E-state index >= 15 is 0 Å². The number of hydrogen-bond donors (Lipinski definition) is 0. The molecule has 0 unspecified atom stereocenters. The largest absolute Gasteiger partial charge is 0.368 e. The molecule has 0 atom stereocenters. The summed E-state index contributed by atoms with van der Waals surface area (Å²) < 4.78 is 1.77. The van der Waals surface area contributed by atoms with Gasteiger partial charge in [0.05, 0.1) is 12.3 Å². The van der Waals surface area contributed by atoms with Crippen molar-refractivity contribution in [2.75, 3.05) is 36.8 Å². The van der Waals surface area contributed by atoms with Crippen LogP contribution >= 0.6 is 11.8 Å². The van der Waals surface area contributed by atoms with Gasteiger partial charge in [-0.1, -0.05) is 36.0 Å². The van der Waals surface area contributed by atoms with Crippen LogP contribution in [-0.2, 0) is 24.2 Å². The molecule has 0 radical (unpaired) electrons. The third kappa shape index (κ3) is 4.80. The zero-order chi connectivity index (χ0) is 22.6. The van der Waals surface area contributed by atoms with Gasteiger partial charge < -0.3 is 9.80 Å². The summed E-state index contributed by atoms with van der Waals surface area (Å²) in [5.41, 5.74) is 4.13. The number of carbonyl (C=O) groups is 1. The third-order valence-electron chi connectivity index (χ3n) is 6.35. The SMILES string of the molecule is O=C(CSc1nc(=O)n(Cc2cccnc2)c2c1CCC2)N1CCN(c2ccccc2)CC1. The molecule has 0 N–H and O–H groups in total. The predicted octanol–water partition coefficient (Wildman–Crippen LogP) is 2.62. The van der Waals surface area contributed by atoms with Gasteiger partial charge in [0, 0.05) is 55.5 Å². The van der Waals surface area contributed by atoms with Crippen LogP contribution in [-0.4, -0.2) is 57.3 Å². The Balaban J connectivity index is 1.23. The Morgan fingerprint density at radius 2 is 1.82 bits per heavy atom. The molecule has 1 fully saturated rings. The zero-order valence-electron chi connectivity index (χ0n) is 18.5. The van der Waals surface area contributed by atoms with Crippen LogP contribution in [0.5, 0.6) is 0 Å². The molecule has 2 aliphatic rings. The highest BCUT2D eigenvalue weighted by atomic mass is 32.2. The van der Waals surface area contributed by atoms with Crippen molar-refractivity contribution in [3.8, 4) is 0 Å². The Kier molecular flexibility index (Phi) is 6.44. The number of anilines is 1. The van der Waals surface area contributed by atoms with E-state index in [9.17, 15) is 9.59 Å². The number of thioether (sulfide) groups is 1. The van der Waals surface area contributed by atoms with Gasteiger partial charge in [-0.3, -0.25) is 14.3 Å². The van der Waals surface area contributed by atoms with Crippen molar-refractivity contribution < 1.29 is 4.79 Å². The van der Waals surface area contributed by atoms with Gasteiger partial charge in [0.1, 0.15) is 5.03 Å². The van der Waals surface area contributed by atoms with Gasteiger partial charge in [0.25, 0.3) is 0 Å². The number of para-hydroxylation sites is 1. The number of hydrogen-bond acceptors (Lipinski definition) is 6. The third-order valence-corrected chi connectivity index (χ3v) is 7.35. The number of nitrogens with zero attached hydrogens (tertiary/aromatic N) is 5. The minimum absolute atomic E-state index is 0.112. The van der Waals surface area contributed by atoms with Crippen molar-refractivity contribution in [2.24, 2.45) is 0 Å². The highest BCUT2D eigenvalue weighted by molar-refractivity contribution is 7.99. The fourth-order valence-electron chi connectivity index (χ4n) is 4.62. The second-order valence-corrected chi connectivity index (χ2v) is 9.38. The number of carbonyl (C=O) groups excluding carboxylic acids is 1. The summed E-state index contributed by atoms with van der Waals surface area (Å²) >= 11 is 1.41. The zero-order valence-corrected chi connectivity index (χ0v) is 19.3. The molecule has 1 saturated heterocycles. The van der Waals surface area contributed by atoms with Crippen LogP contribution in [0.3, 0.4) is 0 Å². The number of rotatable bonds is 6. The molecular weight excluding hydrogens is 434 g/mol. The summed E-state index contributed by atoms with van der Waals surface area (Å²) in [4.78, 5) is 38.5. The van der Waals surface area contributed by atoms with E-state index in [0.29, 0.717) is 25.4 Å². The summed E-state index contributed by atoms with van der Waals surface area (Å²) in [6, 6.07) is 14.2. The van der Waals surface area contributed by atoms with Gasteiger partial charge in [0.2, 0.25) is 5.91 Å². The highest BCUT2D eigenvalue weighted by Gasteiger charge is 2.25. The molecule has 0 spiro atoms. The van der Waals surface area contributed by atoms with E-state index in [1.807, 2.05) is 35.2 Å².